The molecule has 2 heterocycles. The van der Waals surface area contributed by atoms with Crippen LogP contribution in [0.25, 0.3) is 10.9 Å². The molecule has 0 atom stereocenters. The minimum absolute atomic E-state index is 0.0445. The molecule has 7 heteroatoms. The zero-order valence-corrected chi connectivity index (χ0v) is 11.9. The number of para-hydroxylation sites is 1. The van der Waals surface area contributed by atoms with Crippen LogP contribution < -0.4 is 0 Å². The number of aromatic amines is 2. The molecular weight excluding hydrogens is 286 g/mol. The lowest BCUT2D eigenvalue weighted by Gasteiger charge is -1.92. The summed E-state index contributed by atoms with van der Waals surface area (Å²) in [6.45, 7) is 0. The molecular formula is C14H11N5OS. The fraction of sp³-hybridized carbons (Fsp3) is 0.0714. The third kappa shape index (κ3) is 2.26. The van der Waals surface area contributed by atoms with E-state index < -0.39 is 0 Å². The standard InChI is InChI=1S/C14H11N5OS/c1-21-14-9(6-15)12(18-19-14)16-7-10-8-4-2-3-5-11(8)17-13(10)20/h2-5,7,17,20H,1H3,(H,18,19)/b16-7+. The van der Waals surface area contributed by atoms with Gasteiger partial charge in [0.25, 0.3) is 0 Å². The average Bonchev–Trinajstić information content (AvgIpc) is 3.04. The lowest BCUT2D eigenvalue weighted by Crippen LogP contribution is -1.80. The van der Waals surface area contributed by atoms with Crippen molar-refractivity contribution in [2.24, 2.45) is 4.99 Å². The van der Waals surface area contributed by atoms with E-state index in [2.05, 4.69) is 26.2 Å². The van der Waals surface area contributed by atoms with Gasteiger partial charge in [0.05, 0.1) is 5.56 Å². The Balaban J connectivity index is 2.05. The first-order valence-electron chi connectivity index (χ1n) is 6.10. The maximum atomic E-state index is 9.95. The Morgan fingerprint density at radius 3 is 3.00 bits per heavy atom. The molecule has 0 bridgehead atoms. The number of nitriles is 1. The Morgan fingerprint density at radius 2 is 2.24 bits per heavy atom. The number of aromatic nitrogens is 3. The average molecular weight is 297 g/mol. The van der Waals surface area contributed by atoms with Gasteiger partial charge in [-0.25, -0.2) is 4.99 Å². The van der Waals surface area contributed by atoms with E-state index in [-0.39, 0.29) is 5.88 Å². The number of aliphatic imine (C=N–C) groups is 1. The number of hydrogen-bond acceptors (Lipinski definition) is 5. The van der Waals surface area contributed by atoms with E-state index in [1.54, 1.807) is 0 Å². The van der Waals surface area contributed by atoms with E-state index in [4.69, 9.17) is 5.26 Å². The molecule has 0 amide bonds. The van der Waals surface area contributed by atoms with Gasteiger partial charge in [-0.3, -0.25) is 5.10 Å². The van der Waals surface area contributed by atoms with Gasteiger partial charge in [-0.1, -0.05) is 18.2 Å². The second-order valence-electron chi connectivity index (χ2n) is 4.26. The summed E-state index contributed by atoms with van der Waals surface area (Å²) in [6, 6.07) is 9.60. The summed E-state index contributed by atoms with van der Waals surface area (Å²) in [4.78, 5) is 7.12. The number of nitrogens with one attached hydrogen (secondary N) is 2. The van der Waals surface area contributed by atoms with Gasteiger partial charge in [0.15, 0.2) is 11.7 Å². The SMILES string of the molecule is CSc1n[nH]c(/N=C/c2c(O)[nH]c3ccccc23)c1C#N. The maximum absolute atomic E-state index is 9.95. The summed E-state index contributed by atoms with van der Waals surface area (Å²) in [5, 5.41) is 27.3. The van der Waals surface area contributed by atoms with Crippen molar-refractivity contribution >= 4 is 34.7 Å². The summed E-state index contributed by atoms with van der Waals surface area (Å²) in [7, 11) is 0. The first kappa shape index (κ1) is 13.3. The molecule has 0 aliphatic carbocycles. The van der Waals surface area contributed by atoms with Gasteiger partial charge in [-0.2, -0.15) is 10.4 Å². The number of hydrogen-bond donors (Lipinski definition) is 3. The quantitative estimate of drug-likeness (QED) is 0.511. The molecule has 0 radical (unpaired) electrons. The van der Waals surface area contributed by atoms with Crippen LogP contribution in [0.15, 0.2) is 34.3 Å². The zero-order valence-electron chi connectivity index (χ0n) is 11.1. The van der Waals surface area contributed by atoms with Crippen molar-refractivity contribution in [3.8, 4) is 11.9 Å². The van der Waals surface area contributed by atoms with E-state index in [0.717, 1.165) is 10.9 Å². The molecule has 2 aromatic heterocycles. The van der Waals surface area contributed by atoms with Crippen molar-refractivity contribution in [3.05, 3.63) is 35.4 Å². The topological polar surface area (TPSA) is 101 Å². The molecule has 1 aromatic carbocycles. The first-order valence-corrected chi connectivity index (χ1v) is 7.33. The van der Waals surface area contributed by atoms with Crippen LogP contribution in [0.1, 0.15) is 11.1 Å². The molecule has 0 fully saturated rings. The molecule has 0 aliphatic rings. The van der Waals surface area contributed by atoms with Crippen LogP contribution in [0.4, 0.5) is 5.82 Å². The lowest BCUT2D eigenvalue weighted by molar-refractivity contribution is 0.457. The van der Waals surface area contributed by atoms with Crippen molar-refractivity contribution in [1.29, 1.82) is 5.26 Å². The minimum atomic E-state index is 0.0445. The van der Waals surface area contributed by atoms with Crippen molar-refractivity contribution in [3.63, 3.8) is 0 Å². The van der Waals surface area contributed by atoms with Gasteiger partial charge in [0, 0.05) is 17.1 Å². The molecule has 3 rings (SSSR count). The van der Waals surface area contributed by atoms with E-state index in [0.29, 0.717) is 22.0 Å². The Labute approximate surface area is 124 Å². The van der Waals surface area contributed by atoms with Crippen LogP contribution in [0.2, 0.25) is 0 Å². The van der Waals surface area contributed by atoms with Crippen LogP contribution in [0.3, 0.4) is 0 Å². The summed E-state index contributed by atoms with van der Waals surface area (Å²) in [6.07, 6.45) is 3.36. The lowest BCUT2D eigenvalue weighted by atomic mass is 10.2. The number of thioether (sulfide) groups is 1. The van der Waals surface area contributed by atoms with Gasteiger partial charge >= 0.3 is 0 Å². The molecule has 3 aromatic rings. The highest BCUT2D eigenvalue weighted by Crippen LogP contribution is 2.28. The molecule has 104 valence electrons. The molecule has 0 saturated heterocycles. The normalized spacial score (nSPS) is 11.2. The molecule has 0 aliphatic heterocycles. The third-order valence-corrected chi connectivity index (χ3v) is 3.75. The highest BCUT2D eigenvalue weighted by Gasteiger charge is 2.12. The summed E-state index contributed by atoms with van der Waals surface area (Å²) < 4.78 is 0. The highest BCUT2D eigenvalue weighted by atomic mass is 32.2. The van der Waals surface area contributed by atoms with E-state index >= 15 is 0 Å². The van der Waals surface area contributed by atoms with E-state index in [9.17, 15) is 5.11 Å². The zero-order chi connectivity index (χ0) is 14.8. The minimum Gasteiger partial charge on any atom is -0.494 e. The van der Waals surface area contributed by atoms with Gasteiger partial charge in [0.1, 0.15) is 16.7 Å². The Bertz CT molecular complexity index is 871. The van der Waals surface area contributed by atoms with Crippen molar-refractivity contribution in [2.45, 2.75) is 5.03 Å². The molecule has 3 N–H and O–H groups in total. The number of nitrogens with zero attached hydrogens (tertiary/aromatic N) is 3. The number of aromatic hydroxyl groups is 1. The molecule has 21 heavy (non-hydrogen) atoms. The number of H-pyrrole nitrogens is 2. The predicted octanol–water partition coefficient (Wildman–Crippen LogP) is 2.94. The molecule has 6 nitrogen and oxygen atoms in total. The molecule has 0 unspecified atom stereocenters. The second-order valence-corrected chi connectivity index (χ2v) is 5.05. The molecule has 0 spiro atoms. The number of rotatable bonds is 3. The summed E-state index contributed by atoms with van der Waals surface area (Å²) >= 11 is 1.38. The van der Waals surface area contributed by atoms with Gasteiger partial charge in [-0.05, 0) is 12.3 Å². The van der Waals surface area contributed by atoms with Crippen LogP contribution in [0, 0.1) is 11.3 Å². The second kappa shape index (κ2) is 5.34. The Hall–Kier alpha value is -2.72. The Morgan fingerprint density at radius 1 is 1.43 bits per heavy atom. The molecule has 0 saturated carbocycles. The van der Waals surface area contributed by atoms with Gasteiger partial charge in [0.2, 0.25) is 0 Å². The van der Waals surface area contributed by atoms with E-state index in [1.807, 2.05) is 30.5 Å². The highest BCUT2D eigenvalue weighted by molar-refractivity contribution is 7.98. The van der Waals surface area contributed by atoms with Gasteiger partial charge in [-0.15, -0.1) is 11.8 Å². The summed E-state index contributed by atoms with van der Waals surface area (Å²) in [5.41, 5.74) is 1.80. The smallest absolute Gasteiger partial charge is 0.198 e. The van der Waals surface area contributed by atoms with Crippen LogP contribution in [-0.4, -0.2) is 32.8 Å². The predicted molar refractivity (Wildman–Crippen MR) is 82.3 cm³/mol. The van der Waals surface area contributed by atoms with Crippen molar-refractivity contribution in [1.82, 2.24) is 15.2 Å². The summed E-state index contributed by atoms with van der Waals surface area (Å²) in [5.74, 6) is 0.426. The number of fused-ring (bicyclic) bond motifs is 1. The first-order chi connectivity index (χ1) is 10.2. The fourth-order valence-electron chi connectivity index (χ4n) is 2.07. The van der Waals surface area contributed by atoms with E-state index in [1.165, 1.54) is 18.0 Å². The van der Waals surface area contributed by atoms with Crippen LogP contribution in [-0.2, 0) is 0 Å². The fourth-order valence-corrected chi connectivity index (χ4v) is 2.55. The van der Waals surface area contributed by atoms with Crippen molar-refractivity contribution < 1.29 is 5.11 Å². The largest absolute Gasteiger partial charge is 0.494 e. The van der Waals surface area contributed by atoms with Crippen LogP contribution >= 0.6 is 11.8 Å². The van der Waals surface area contributed by atoms with Gasteiger partial charge < -0.3 is 10.1 Å². The van der Waals surface area contributed by atoms with Crippen molar-refractivity contribution in [2.75, 3.05) is 6.26 Å². The maximum Gasteiger partial charge on any atom is 0.198 e. The van der Waals surface area contributed by atoms with Crippen LogP contribution in [0.5, 0.6) is 5.88 Å². The number of benzene rings is 1. The third-order valence-electron chi connectivity index (χ3n) is 3.07. The Kier molecular flexibility index (Phi) is 3.38. The monoisotopic (exact) mass is 297 g/mol.